The van der Waals surface area contributed by atoms with Gasteiger partial charge in [-0.2, -0.15) is 0 Å². The second-order valence-corrected chi connectivity index (χ2v) is 12.9. The third-order valence-electron chi connectivity index (χ3n) is 2.32. The Hall–Kier alpha value is 0.274. The van der Waals surface area contributed by atoms with Gasteiger partial charge < -0.3 is 18.4 Å². The minimum Gasteiger partial charge on any atom is -0.436 e. The van der Waals surface area contributed by atoms with Crippen LogP contribution in [0, 0.1) is 0 Å². The predicted octanol–water partition coefficient (Wildman–Crippen LogP) is 1.96. The molecule has 0 saturated heterocycles. The van der Waals surface area contributed by atoms with Crippen molar-refractivity contribution >= 4 is 16.9 Å². The van der Waals surface area contributed by atoms with Gasteiger partial charge in [-0.25, -0.2) is 0 Å². The molecule has 0 bridgehead atoms. The van der Waals surface area contributed by atoms with Crippen molar-refractivity contribution in [1.29, 1.82) is 0 Å². The van der Waals surface area contributed by atoms with Gasteiger partial charge in [-0.1, -0.05) is 0 Å². The summed E-state index contributed by atoms with van der Waals surface area (Å²) in [5, 5.41) is 8.56. The Morgan fingerprint density at radius 1 is 1.06 bits per heavy atom. The molecule has 6 heteroatoms. The van der Waals surface area contributed by atoms with Crippen molar-refractivity contribution in [3.05, 3.63) is 0 Å². The van der Waals surface area contributed by atoms with Crippen molar-refractivity contribution < 1.29 is 18.4 Å². The van der Waals surface area contributed by atoms with E-state index >= 15 is 0 Å². The molecule has 1 N–H and O–H groups in total. The zero-order valence-electron chi connectivity index (χ0n) is 11.2. The highest BCUT2D eigenvalue weighted by atomic mass is 28.4. The summed E-state index contributed by atoms with van der Waals surface area (Å²) in [5.41, 5.74) is 0. The van der Waals surface area contributed by atoms with Gasteiger partial charge in [0.2, 0.25) is 0 Å². The molecule has 0 aliphatic carbocycles. The lowest BCUT2D eigenvalue weighted by Gasteiger charge is -2.32. The van der Waals surface area contributed by atoms with Crippen LogP contribution in [0.1, 0.15) is 6.42 Å². The van der Waals surface area contributed by atoms with Crippen LogP contribution in [0.4, 0.5) is 0 Å². The van der Waals surface area contributed by atoms with E-state index < -0.39 is 16.9 Å². The van der Waals surface area contributed by atoms with E-state index in [2.05, 4.69) is 26.2 Å². The van der Waals surface area contributed by atoms with Crippen molar-refractivity contribution in [2.45, 2.75) is 38.7 Å². The first-order valence-electron chi connectivity index (χ1n) is 5.77. The highest BCUT2D eigenvalue weighted by Crippen LogP contribution is 2.20. The Morgan fingerprint density at radius 3 is 2.19 bits per heavy atom. The van der Waals surface area contributed by atoms with Crippen molar-refractivity contribution in [3.63, 3.8) is 0 Å². The fraction of sp³-hybridized carbons (Fsp3) is 1.00. The second kappa shape index (κ2) is 7.57. The second-order valence-electron chi connectivity index (χ2n) is 4.91. The molecular formula is C10H26O4Si2. The van der Waals surface area contributed by atoms with E-state index in [1.807, 2.05) is 0 Å². The number of hydrogen-bond donors (Lipinski definition) is 1. The largest absolute Gasteiger partial charge is 0.436 e. The van der Waals surface area contributed by atoms with E-state index in [1.165, 1.54) is 0 Å². The third-order valence-corrected chi connectivity index (χ3v) is 9.03. The van der Waals surface area contributed by atoms with Gasteiger partial charge in [-0.15, -0.1) is 0 Å². The van der Waals surface area contributed by atoms with Crippen LogP contribution < -0.4 is 0 Å². The van der Waals surface area contributed by atoms with Gasteiger partial charge in [0.25, 0.3) is 0 Å². The maximum atomic E-state index is 8.56. The number of hydrogen-bond acceptors (Lipinski definition) is 4. The average Bonchev–Trinajstić information content (AvgIpc) is 2.16. The summed E-state index contributed by atoms with van der Waals surface area (Å²) in [6.07, 6.45) is 0.993. The van der Waals surface area contributed by atoms with Crippen LogP contribution in [0.2, 0.25) is 32.2 Å². The van der Waals surface area contributed by atoms with E-state index in [4.69, 9.17) is 18.4 Å². The molecule has 98 valence electrons. The number of rotatable bonds is 9. The standard InChI is InChI=1S/C10H26O4Si2/c1-12-16(4,5)14-15(2,3)10-6-8-13-9-7-11/h11H,6-10H2,1-5H3. The van der Waals surface area contributed by atoms with Crippen molar-refractivity contribution in [2.24, 2.45) is 0 Å². The molecule has 0 spiro atoms. The van der Waals surface area contributed by atoms with Crippen molar-refractivity contribution in [2.75, 3.05) is 26.9 Å². The van der Waals surface area contributed by atoms with Crippen LogP contribution in [0.15, 0.2) is 0 Å². The van der Waals surface area contributed by atoms with Crippen LogP contribution in [0.5, 0.6) is 0 Å². The normalized spacial score (nSPS) is 13.1. The Kier molecular flexibility index (Phi) is 7.70. The third kappa shape index (κ3) is 8.43. The Morgan fingerprint density at radius 2 is 1.69 bits per heavy atom. The minimum atomic E-state index is -1.91. The van der Waals surface area contributed by atoms with Crippen LogP contribution in [0.25, 0.3) is 0 Å². The molecule has 0 radical (unpaired) electrons. The number of ether oxygens (including phenoxy) is 1. The topological polar surface area (TPSA) is 47.9 Å². The van der Waals surface area contributed by atoms with Crippen LogP contribution >= 0.6 is 0 Å². The summed E-state index contributed by atoms with van der Waals surface area (Å²) >= 11 is 0. The summed E-state index contributed by atoms with van der Waals surface area (Å²) in [5.74, 6) is 0. The highest BCUT2D eigenvalue weighted by Gasteiger charge is 2.33. The molecule has 0 aromatic rings. The molecule has 0 amide bonds. The quantitative estimate of drug-likeness (QED) is 0.512. The predicted molar refractivity (Wildman–Crippen MR) is 70.4 cm³/mol. The van der Waals surface area contributed by atoms with E-state index in [9.17, 15) is 0 Å². The molecule has 0 aliphatic rings. The molecule has 4 nitrogen and oxygen atoms in total. The average molecular weight is 266 g/mol. The first-order valence-corrected chi connectivity index (χ1v) is 11.7. The highest BCUT2D eigenvalue weighted by molar-refractivity contribution is 6.82. The Balaban J connectivity index is 3.78. The number of aliphatic hydroxyl groups excluding tert-OH is 1. The molecule has 0 aliphatic heterocycles. The summed E-state index contributed by atoms with van der Waals surface area (Å²) in [6.45, 7) is 9.81. The molecule has 0 saturated carbocycles. The van der Waals surface area contributed by atoms with E-state index in [1.54, 1.807) is 7.11 Å². The zero-order valence-corrected chi connectivity index (χ0v) is 13.2. The molecule has 0 fully saturated rings. The lowest BCUT2D eigenvalue weighted by Crippen LogP contribution is -2.45. The Labute approximate surface area is 101 Å². The van der Waals surface area contributed by atoms with Gasteiger partial charge in [0.05, 0.1) is 13.2 Å². The van der Waals surface area contributed by atoms with Gasteiger partial charge in [0, 0.05) is 13.7 Å². The number of aliphatic hydroxyl groups is 1. The lowest BCUT2D eigenvalue weighted by molar-refractivity contribution is 0.0923. The van der Waals surface area contributed by atoms with Crippen molar-refractivity contribution in [1.82, 2.24) is 0 Å². The van der Waals surface area contributed by atoms with Gasteiger partial charge in [-0.05, 0) is 38.7 Å². The SMILES string of the molecule is CO[Si](C)(C)O[Si](C)(C)CCCOCCO. The molecule has 0 atom stereocenters. The Bertz CT molecular complexity index is 186. The van der Waals surface area contributed by atoms with E-state index in [-0.39, 0.29) is 6.61 Å². The van der Waals surface area contributed by atoms with E-state index in [0.717, 1.165) is 12.5 Å². The zero-order chi connectivity index (χ0) is 12.7. The van der Waals surface area contributed by atoms with E-state index in [0.29, 0.717) is 13.2 Å². The fourth-order valence-electron chi connectivity index (χ4n) is 1.52. The van der Waals surface area contributed by atoms with Gasteiger partial charge >= 0.3 is 8.56 Å². The van der Waals surface area contributed by atoms with Crippen LogP contribution in [-0.4, -0.2) is 48.9 Å². The maximum Gasteiger partial charge on any atom is 0.321 e. The summed E-state index contributed by atoms with van der Waals surface area (Å²) in [4.78, 5) is 0. The molecule has 0 rings (SSSR count). The van der Waals surface area contributed by atoms with Crippen LogP contribution in [-0.2, 0) is 13.3 Å². The molecule has 0 heterocycles. The van der Waals surface area contributed by atoms with Gasteiger partial charge in [0.1, 0.15) is 0 Å². The van der Waals surface area contributed by atoms with Gasteiger partial charge in [0.15, 0.2) is 8.32 Å². The maximum absolute atomic E-state index is 8.56. The smallest absolute Gasteiger partial charge is 0.321 e. The summed E-state index contributed by atoms with van der Waals surface area (Å²) < 4.78 is 16.8. The molecular weight excluding hydrogens is 240 g/mol. The molecule has 0 aromatic carbocycles. The monoisotopic (exact) mass is 266 g/mol. The molecule has 16 heavy (non-hydrogen) atoms. The summed E-state index contributed by atoms with van der Waals surface area (Å²) in [7, 11) is -1.81. The summed E-state index contributed by atoms with van der Waals surface area (Å²) in [6, 6.07) is 1.07. The van der Waals surface area contributed by atoms with Crippen molar-refractivity contribution in [3.8, 4) is 0 Å². The first-order chi connectivity index (χ1) is 7.33. The fourth-order valence-corrected chi connectivity index (χ4v) is 8.59. The minimum absolute atomic E-state index is 0.0982. The van der Waals surface area contributed by atoms with Crippen LogP contribution in [0.3, 0.4) is 0 Å². The molecule has 0 unspecified atom stereocenters. The lowest BCUT2D eigenvalue weighted by atomic mass is 10.5. The molecule has 0 aromatic heterocycles. The van der Waals surface area contributed by atoms with Gasteiger partial charge in [-0.3, -0.25) is 0 Å². The first kappa shape index (κ1) is 16.3.